The van der Waals surface area contributed by atoms with Crippen LogP contribution in [0, 0.1) is 0 Å². The van der Waals surface area contributed by atoms with Crippen LogP contribution in [0.25, 0.3) is 6.08 Å². The van der Waals surface area contributed by atoms with Crippen molar-refractivity contribution in [2.45, 2.75) is 6.92 Å². The van der Waals surface area contributed by atoms with E-state index in [1.807, 2.05) is 0 Å². The first-order chi connectivity index (χ1) is 8.06. The number of carbonyl (C=O) groups is 2. The molecule has 0 saturated carbocycles. The van der Waals surface area contributed by atoms with Crippen molar-refractivity contribution in [1.82, 2.24) is 5.32 Å². The Balaban J connectivity index is 2.31. The topological polar surface area (TPSA) is 78.8 Å². The molecule has 1 aromatic rings. The lowest BCUT2D eigenvalue weighted by Crippen LogP contribution is -2.28. The highest BCUT2D eigenvalue weighted by atomic mass is 16.3. The summed E-state index contributed by atoms with van der Waals surface area (Å²) in [4.78, 5) is 26.4. The maximum absolute atomic E-state index is 11.5. The van der Waals surface area contributed by atoms with E-state index in [1.54, 1.807) is 18.2 Å². The van der Waals surface area contributed by atoms with Crippen LogP contribution < -0.4 is 5.32 Å². The quantitative estimate of drug-likeness (QED) is 0.739. The van der Waals surface area contributed by atoms with Gasteiger partial charge in [0.05, 0.1) is 0 Å². The van der Waals surface area contributed by atoms with E-state index in [9.17, 15) is 9.59 Å². The minimum Gasteiger partial charge on any atom is -0.508 e. The fraction of sp³-hybridized carbons (Fsp3) is 0.0833. The zero-order valence-electron chi connectivity index (χ0n) is 9.10. The van der Waals surface area contributed by atoms with Crippen LogP contribution >= 0.6 is 0 Å². The zero-order chi connectivity index (χ0) is 12.4. The summed E-state index contributed by atoms with van der Waals surface area (Å²) >= 11 is 0. The Morgan fingerprint density at radius 1 is 1.35 bits per heavy atom. The van der Waals surface area contributed by atoms with E-state index in [0.29, 0.717) is 0 Å². The summed E-state index contributed by atoms with van der Waals surface area (Å²) in [5, 5.41) is 11.5. The lowest BCUT2D eigenvalue weighted by Gasteiger charge is -1.95. The number of rotatable bonds is 2. The van der Waals surface area contributed by atoms with Gasteiger partial charge < -0.3 is 10.4 Å². The second-order valence-electron chi connectivity index (χ2n) is 3.59. The van der Waals surface area contributed by atoms with Gasteiger partial charge in [-0.1, -0.05) is 12.1 Å². The predicted octanol–water partition coefficient (Wildman–Crippen LogP) is 0.850. The van der Waals surface area contributed by atoms with Gasteiger partial charge in [-0.2, -0.15) is 0 Å². The van der Waals surface area contributed by atoms with Crippen LogP contribution in [0.3, 0.4) is 0 Å². The molecule has 2 N–H and O–H groups in total. The molecule has 1 aromatic carbocycles. The van der Waals surface area contributed by atoms with Gasteiger partial charge in [-0.05, 0) is 23.8 Å². The molecule has 1 aliphatic heterocycles. The van der Waals surface area contributed by atoms with Crippen LogP contribution in [0.1, 0.15) is 12.5 Å². The molecule has 0 unspecified atom stereocenters. The lowest BCUT2D eigenvalue weighted by atomic mass is 10.2. The SMILES string of the molecule is CC(=O)C1=N/C(=C/c2ccc(O)cc2)C(=O)N1. The predicted molar refractivity (Wildman–Crippen MR) is 62.3 cm³/mol. The monoisotopic (exact) mass is 230 g/mol. The van der Waals surface area contributed by atoms with Gasteiger partial charge in [0.15, 0.2) is 11.6 Å². The summed E-state index contributed by atoms with van der Waals surface area (Å²) in [6.07, 6.45) is 1.55. The summed E-state index contributed by atoms with van der Waals surface area (Å²) in [6.45, 7) is 1.34. The Morgan fingerprint density at radius 2 is 2.00 bits per heavy atom. The van der Waals surface area contributed by atoms with Gasteiger partial charge in [0.1, 0.15) is 11.4 Å². The Bertz CT molecular complexity index is 541. The molecule has 17 heavy (non-hydrogen) atoms. The van der Waals surface area contributed by atoms with E-state index in [1.165, 1.54) is 19.1 Å². The minimum absolute atomic E-state index is 0.0556. The van der Waals surface area contributed by atoms with Crippen LogP contribution in [0.4, 0.5) is 0 Å². The fourth-order valence-electron chi connectivity index (χ4n) is 1.36. The van der Waals surface area contributed by atoms with Crippen LogP contribution in [0.2, 0.25) is 0 Å². The number of hydrogen-bond donors (Lipinski definition) is 2. The number of amides is 1. The van der Waals surface area contributed by atoms with Crippen LogP contribution in [-0.2, 0) is 9.59 Å². The van der Waals surface area contributed by atoms with Gasteiger partial charge in [0.25, 0.3) is 5.91 Å². The highest BCUT2D eigenvalue weighted by molar-refractivity contribution is 6.44. The molecule has 86 valence electrons. The average Bonchev–Trinajstić information content (AvgIpc) is 2.64. The molecule has 0 aliphatic carbocycles. The molecule has 5 heteroatoms. The molecular weight excluding hydrogens is 220 g/mol. The van der Waals surface area contributed by atoms with Crippen molar-refractivity contribution < 1.29 is 14.7 Å². The molecule has 0 bridgehead atoms. The molecule has 1 amide bonds. The molecule has 0 radical (unpaired) electrons. The zero-order valence-corrected chi connectivity index (χ0v) is 9.10. The van der Waals surface area contributed by atoms with E-state index < -0.39 is 5.91 Å². The Morgan fingerprint density at radius 3 is 2.53 bits per heavy atom. The number of benzene rings is 1. The Labute approximate surface area is 97.5 Å². The van der Waals surface area contributed by atoms with E-state index >= 15 is 0 Å². The number of hydrogen-bond acceptors (Lipinski definition) is 4. The first-order valence-corrected chi connectivity index (χ1v) is 4.98. The number of carbonyl (C=O) groups excluding carboxylic acids is 2. The molecule has 1 aliphatic rings. The molecule has 0 spiro atoms. The number of Topliss-reactive ketones (excluding diaryl/α,β-unsaturated/α-hetero) is 1. The van der Waals surface area contributed by atoms with Crippen molar-refractivity contribution >= 4 is 23.6 Å². The highest BCUT2D eigenvalue weighted by Crippen LogP contribution is 2.15. The second kappa shape index (κ2) is 4.21. The van der Waals surface area contributed by atoms with Crippen molar-refractivity contribution in [2.24, 2.45) is 4.99 Å². The van der Waals surface area contributed by atoms with Gasteiger partial charge in [-0.3, -0.25) is 9.59 Å². The van der Waals surface area contributed by atoms with Gasteiger partial charge in [0, 0.05) is 6.92 Å². The molecular formula is C12H10N2O3. The number of ketones is 1. The molecule has 0 aromatic heterocycles. The van der Waals surface area contributed by atoms with E-state index in [2.05, 4.69) is 10.3 Å². The lowest BCUT2D eigenvalue weighted by molar-refractivity contribution is -0.116. The van der Waals surface area contributed by atoms with Gasteiger partial charge in [0.2, 0.25) is 0 Å². The molecule has 1 heterocycles. The summed E-state index contributed by atoms with van der Waals surface area (Å²) in [6, 6.07) is 6.32. The Kier molecular flexibility index (Phi) is 2.74. The van der Waals surface area contributed by atoms with Crippen LogP contribution in [-0.4, -0.2) is 22.6 Å². The molecule has 0 fully saturated rings. The van der Waals surface area contributed by atoms with Crippen molar-refractivity contribution in [2.75, 3.05) is 0 Å². The average molecular weight is 230 g/mol. The standard InChI is InChI=1S/C12H10N2O3/c1-7(15)11-13-10(12(17)14-11)6-8-2-4-9(16)5-3-8/h2-6,16H,1H3,(H,13,14,17)/b10-6+. The fourth-order valence-corrected chi connectivity index (χ4v) is 1.36. The van der Waals surface area contributed by atoms with Crippen molar-refractivity contribution in [3.8, 4) is 5.75 Å². The molecule has 0 saturated heterocycles. The largest absolute Gasteiger partial charge is 0.508 e. The summed E-state index contributed by atoms with van der Waals surface area (Å²) in [5.41, 5.74) is 0.905. The number of aromatic hydroxyl groups is 1. The first-order valence-electron chi connectivity index (χ1n) is 4.98. The summed E-state index contributed by atoms with van der Waals surface area (Å²) in [5.74, 6) is -0.480. The van der Waals surface area contributed by atoms with E-state index in [-0.39, 0.29) is 23.1 Å². The number of amidine groups is 1. The van der Waals surface area contributed by atoms with Crippen molar-refractivity contribution in [1.29, 1.82) is 0 Å². The maximum Gasteiger partial charge on any atom is 0.275 e. The number of phenols is 1. The van der Waals surface area contributed by atoms with Gasteiger partial charge in [-0.25, -0.2) is 4.99 Å². The number of nitrogens with zero attached hydrogens (tertiary/aromatic N) is 1. The third-order valence-electron chi connectivity index (χ3n) is 2.23. The first kappa shape index (κ1) is 11.1. The molecule has 0 atom stereocenters. The Hall–Kier alpha value is -2.43. The molecule has 5 nitrogen and oxygen atoms in total. The third-order valence-corrected chi connectivity index (χ3v) is 2.23. The van der Waals surface area contributed by atoms with Crippen molar-refractivity contribution in [3.63, 3.8) is 0 Å². The maximum atomic E-state index is 11.5. The normalized spacial score (nSPS) is 16.9. The van der Waals surface area contributed by atoms with Crippen molar-refractivity contribution in [3.05, 3.63) is 35.5 Å². The van der Waals surface area contributed by atoms with Gasteiger partial charge >= 0.3 is 0 Å². The van der Waals surface area contributed by atoms with Crippen LogP contribution in [0.5, 0.6) is 5.75 Å². The molecule has 2 rings (SSSR count). The van der Waals surface area contributed by atoms with Gasteiger partial charge in [-0.15, -0.1) is 0 Å². The smallest absolute Gasteiger partial charge is 0.275 e. The van der Waals surface area contributed by atoms with E-state index in [0.717, 1.165) is 5.56 Å². The van der Waals surface area contributed by atoms with Crippen LogP contribution in [0.15, 0.2) is 35.0 Å². The second-order valence-corrected chi connectivity index (χ2v) is 3.59. The minimum atomic E-state index is -0.400. The summed E-state index contributed by atoms with van der Waals surface area (Å²) < 4.78 is 0. The number of aliphatic imine (C=N–C) groups is 1. The number of phenolic OH excluding ortho intramolecular Hbond substituents is 1. The summed E-state index contributed by atoms with van der Waals surface area (Å²) in [7, 11) is 0. The number of nitrogens with one attached hydrogen (secondary N) is 1. The highest BCUT2D eigenvalue weighted by Gasteiger charge is 2.22. The van der Waals surface area contributed by atoms with E-state index in [4.69, 9.17) is 5.11 Å². The third kappa shape index (κ3) is 2.39.